The molecule has 1 aromatic rings. The van der Waals surface area contributed by atoms with E-state index in [0.717, 1.165) is 18.4 Å². The molecule has 1 fully saturated rings. The highest BCUT2D eigenvalue weighted by atomic mass is 35.5. The second-order valence-electron chi connectivity index (χ2n) is 6.42. The zero-order valence-electron chi connectivity index (χ0n) is 15.6. The van der Waals surface area contributed by atoms with E-state index in [1.807, 2.05) is 12.1 Å². The number of rotatable bonds is 7. The Morgan fingerprint density at radius 3 is 2.54 bits per heavy atom. The summed E-state index contributed by atoms with van der Waals surface area (Å²) in [6.07, 6.45) is 1.50. The molecular weight excluding hydrogens is 405 g/mol. The van der Waals surface area contributed by atoms with E-state index in [2.05, 4.69) is 16.0 Å². The Labute approximate surface area is 175 Å². The third-order valence-electron chi connectivity index (χ3n) is 4.35. The van der Waals surface area contributed by atoms with Gasteiger partial charge < -0.3 is 26.6 Å². The number of hydrogen-bond acceptors (Lipinski definition) is 4. The molecule has 0 bridgehead atoms. The van der Waals surface area contributed by atoms with Gasteiger partial charge in [0, 0.05) is 37.7 Å². The van der Waals surface area contributed by atoms with Crippen LogP contribution in [0.2, 0.25) is 5.02 Å². The smallest absolute Gasteiger partial charge is 0.315 e. The summed E-state index contributed by atoms with van der Waals surface area (Å²) < 4.78 is 0. The van der Waals surface area contributed by atoms with Gasteiger partial charge in [-0.3, -0.25) is 9.59 Å². The van der Waals surface area contributed by atoms with Crippen molar-refractivity contribution in [3.8, 4) is 0 Å². The number of nitrogens with one attached hydrogen (secondary N) is 3. The molecule has 2 rings (SSSR count). The van der Waals surface area contributed by atoms with Crippen molar-refractivity contribution in [1.82, 2.24) is 20.9 Å². The highest BCUT2D eigenvalue weighted by Crippen LogP contribution is 2.16. The van der Waals surface area contributed by atoms with E-state index < -0.39 is 6.03 Å². The lowest BCUT2D eigenvalue weighted by atomic mass is 9.97. The Morgan fingerprint density at radius 2 is 1.86 bits per heavy atom. The quantitative estimate of drug-likeness (QED) is 0.512. The lowest BCUT2D eigenvalue weighted by molar-refractivity contribution is -0.134. The van der Waals surface area contributed by atoms with Crippen molar-refractivity contribution in [2.24, 2.45) is 11.7 Å². The van der Waals surface area contributed by atoms with Gasteiger partial charge in [0.25, 0.3) is 0 Å². The van der Waals surface area contributed by atoms with Crippen LogP contribution in [0.1, 0.15) is 18.4 Å². The largest absolute Gasteiger partial charge is 0.355 e. The van der Waals surface area contributed by atoms with E-state index in [1.165, 1.54) is 0 Å². The number of nitrogens with zero attached hydrogens (tertiary/aromatic N) is 1. The molecule has 0 saturated carbocycles. The standard InChI is InChI=1S/C18H26ClN5O3.ClH/c19-15-5-3-13(4-6-15)10-22-18(27)23-11-16(25)24-9-1-2-14(12-24)17(26)21-8-7-20;/h3-6,14H,1-2,7-12,20H2,(H,21,26)(H2,22,23,27);1H. The van der Waals surface area contributed by atoms with Gasteiger partial charge in [0.2, 0.25) is 11.8 Å². The Kier molecular flexibility index (Phi) is 10.7. The fraction of sp³-hybridized carbons (Fsp3) is 0.500. The van der Waals surface area contributed by atoms with Gasteiger partial charge in [-0.05, 0) is 30.5 Å². The van der Waals surface area contributed by atoms with Crippen LogP contribution in [0.15, 0.2) is 24.3 Å². The molecule has 0 aliphatic carbocycles. The SMILES string of the molecule is Cl.NCCNC(=O)C1CCCN(C(=O)CNC(=O)NCc2ccc(Cl)cc2)C1. The van der Waals surface area contributed by atoms with Crippen LogP contribution in [0.3, 0.4) is 0 Å². The molecule has 1 aromatic carbocycles. The molecule has 8 nitrogen and oxygen atoms in total. The lowest BCUT2D eigenvalue weighted by Crippen LogP contribution is -2.49. The second-order valence-corrected chi connectivity index (χ2v) is 6.86. The molecule has 0 radical (unpaired) electrons. The summed E-state index contributed by atoms with van der Waals surface area (Å²) in [4.78, 5) is 37.8. The number of carbonyl (C=O) groups is 3. The fourth-order valence-corrected chi connectivity index (χ4v) is 3.00. The van der Waals surface area contributed by atoms with Crippen molar-refractivity contribution in [3.05, 3.63) is 34.9 Å². The van der Waals surface area contributed by atoms with Crippen molar-refractivity contribution in [2.45, 2.75) is 19.4 Å². The van der Waals surface area contributed by atoms with Crippen LogP contribution in [-0.2, 0) is 16.1 Å². The Hall–Kier alpha value is -2.03. The van der Waals surface area contributed by atoms with Crippen LogP contribution < -0.4 is 21.7 Å². The van der Waals surface area contributed by atoms with Gasteiger partial charge in [0.1, 0.15) is 0 Å². The molecule has 1 aliphatic heterocycles. The molecule has 28 heavy (non-hydrogen) atoms. The van der Waals surface area contributed by atoms with Crippen molar-refractivity contribution in [3.63, 3.8) is 0 Å². The number of halogens is 2. The zero-order chi connectivity index (χ0) is 19.6. The van der Waals surface area contributed by atoms with Crippen LogP contribution in [0.4, 0.5) is 4.79 Å². The van der Waals surface area contributed by atoms with Gasteiger partial charge in [0.15, 0.2) is 0 Å². The minimum atomic E-state index is -0.424. The van der Waals surface area contributed by atoms with Gasteiger partial charge in [-0.2, -0.15) is 0 Å². The molecule has 4 amide bonds. The number of urea groups is 1. The van der Waals surface area contributed by atoms with E-state index >= 15 is 0 Å². The Bertz CT molecular complexity index is 657. The Morgan fingerprint density at radius 1 is 1.14 bits per heavy atom. The van der Waals surface area contributed by atoms with Gasteiger partial charge in [-0.15, -0.1) is 12.4 Å². The molecular formula is C18H27Cl2N5O3. The monoisotopic (exact) mass is 431 g/mol. The van der Waals surface area contributed by atoms with E-state index in [-0.39, 0.29) is 36.7 Å². The number of piperidine rings is 1. The van der Waals surface area contributed by atoms with Gasteiger partial charge >= 0.3 is 6.03 Å². The molecule has 1 heterocycles. The van der Waals surface area contributed by atoms with E-state index in [1.54, 1.807) is 17.0 Å². The molecule has 1 saturated heterocycles. The number of likely N-dealkylation sites (tertiary alicyclic amines) is 1. The fourth-order valence-electron chi connectivity index (χ4n) is 2.87. The van der Waals surface area contributed by atoms with Crippen molar-refractivity contribution in [1.29, 1.82) is 0 Å². The number of benzene rings is 1. The highest BCUT2D eigenvalue weighted by Gasteiger charge is 2.28. The average molecular weight is 432 g/mol. The molecule has 0 spiro atoms. The zero-order valence-corrected chi connectivity index (χ0v) is 17.2. The molecule has 10 heteroatoms. The first kappa shape index (κ1) is 24.0. The Balaban J connectivity index is 0.00000392. The van der Waals surface area contributed by atoms with Crippen LogP contribution in [0.25, 0.3) is 0 Å². The topological polar surface area (TPSA) is 117 Å². The molecule has 156 valence electrons. The maximum atomic E-state index is 12.3. The predicted octanol–water partition coefficient (Wildman–Crippen LogP) is 0.875. The van der Waals surface area contributed by atoms with Crippen molar-refractivity contribution >= 4 is 41.9 Å². The second kappa shape index (κ2) is 12.4. The van der Waals surface area contributed by atoms with Gasteiger partial charge in [-0.25, -0.2) is 4.79 Å². The van der Waals surface area contributed by atoms with E-state index in [9.17, 15) is 14.4 Å². The highest BCUT2D eigenvalue weighted by molar-refractivity contribution is 6.30. The third-order valence-corrected chi connectivity index (χ3v) is 4.61. The molecule has 0 aromatic heterocycles. The van der Waals surface area contributed by atoms with Crippen LogP contribution in [0.5, 0.6) is 0 Å². The van der Waals surface area contributed by atoms with E-state index in [0.29, 0.717) is 37.7 Å². The van der Waals surface area contributed by atoms with Crippen LogP contribution in [-0.4, -0.2) is 55.5 Å². The van der Waals surface area contributed by atoms with Crippen LogP contribution in [0, 0.1) is 5.92 Å². The summed E-state index contributed by atoms with van der Waals surface area (Å²) in [6.45, 7) is 2.00. The number of amides is 4. The van der Waals surface area contributed by atoms with Crippen LogP contribution >= 0.6 is 24.0 Å². The first-order valence-corrected chi connectivity index (χ1v) is 9.39. The van der Waals surface area contributed by atoms with Gasteiger partial charge in [0.05, 0.1) is 12.5 Å². The summed E-state index contributed by atoms with van der Waals surface area (Å²) in [7, 11) is 0. The van der Waals surface area contributed by atoms with E-state index in [4.69, 9.17) is 17.3 Å². The normalized spacial score (nSPS) is 15.9. The summed E-state index contributed by atoms with van der Waals surface area (Å²) in [5.41, 5.74) is 6.29. The van der Waals surface area contributed by atoms with Gasteiger partial charge in [-0.1, -0.05) is 23.7 Å². The summed E-state index contributed by atoms with van der Waals surface area (Å²) in [5.74, 6) is -0.507. The van der Waals surface area contributed by atoms with Crippen molar-refractivity contribution in [2.75, 3.05) is 32.7 Å². The minimum Gasteiger partial charge on any atom is -0.355 e. The average Bonchev–Trinajstić information content (AvgIpc) is 2.69. The number of nitrogens with two attached hydrogens (primary N) is 1. The third kappa shape index (κ3) is 7.92. The molecule has 1 aliphatic rings. The molecule has 5 N–H and O–H groups in total. The maximum absolute atomic E-state index is 12.3. The maximum Gasteiger partial charge on any atom is 0.315 e. The molecule has 1 atom stereocenters. The minimum absolute atomic E-state index is 0. The summed E-state index contributed by atoms with van der Waals surface area (Å²) in [5, 5.41) is 8.63. The molecule has 1 unspecified atom stereocenters. The summed E-state index contributed by atoms with van der Waals surface area (Å²) in [6, 6.07) is 6.70. The lowest BCUT2D eigenvalue weighted by Gasteiger charge is -2.32. The first-order valence-electron chi connectivity index (χ1n) is 9.01. The number of carbonyl (C=O) groups excluding carboxylic acids is 3. The first-order chi connectivity index (χ1) is 13.0. The number of hydrogen-bond donors (Lipinski definition) is 4. The predicted molar refractivity (Wildman–Crippen MR) is 110 cm³/mol. The summed E-state index contributed by atoms with van der Waals surface area (Å²) >= 11 is 5.82. The van der Waals surface area contributed by atoms with Crippen molar-refractivity contribution < 1.29 is 14.4 Å².